The van der Waals surface area contributed by atoms with Crippen molar-refractivity contribution in [1.29, 1.82) is 0 Å². The smallest absolute Gasteiger partial charge is 0.0534 e. The maximum absolute atomic E-state index is 4.28. The molecule has 0 aliphatic carbocycles. The van der Waals surface area contributed by atoms with Gasteiger partial charge >= 0.3 is 0 Å². The summed E-state index contributed by atoms with van der Waals surface area (Å²) in [4.78, 5) is 2.63. The Kier molecular flexibility index (Phi) is 4.99. The molecule has 0 radical (unpaired) electrons. The molecule has 0 spiro atoms. The van der Waals surface area contributed by atoms with Gasteiger partial charge in [-0.15, -0.1) is 0 Å². The lowest BCUT2D eigenvalue weighted by atomic mass is 9.94. The van der Waals surface area contributed by atoms with Crippen LogP contribution in [0.3, 0.4) is 0 Å². The third kappa shape index (κ3) is 3.57. The van der Waals surface area contributed by atoms with Crippen LogP contribution in [-0.2, 0) is 13.6 Å². The molecule has 1 aliphatic rings. The monoisotopic (exact) mass is 264 g/mol. The highest BCUT2D eigenvalue weighted by Gasteiger charge is 2.29. The molecule has 3 atom stereocenters. The normalized spacial score (nSPS) is 26.5. The molecular formula is C15H28N4. The first-order valence-electron chi connectivity index (χ1n) is 7.59. The van der Waals surface area contributed by atoms with Gasteiger partial charge in [0.1, 0.15) is 0 Å². The van der Waals surface area contributed by atoms with Crippen molar-refractivity contribution in [3.8, 4) is 0 Å². The molecule has 1 N–H and O–H groups in total. The fraction of sp³-hybridized carbons (Fsp3) is 0.800. The SMILES string of the molecule is CCC(C)C1CN(Cc2cnn(C)c2)C(CC)CN1. The predicted octanol–water partition coefficient (Wildman–Crippen LogP) is 2.02. The zero-order valence-electron chi connectivity index (χ0n) is 12.8. The minimum atomic E-state index is 0.629. The van der Waals surface area contributed by atoms with E-state index in [-0.39, 0.29) is 0 Å². The van der Waals surface area contributed by atoms with Crippen LogP contribution < -0.4 is 5.32 Å². The van der Waals surface area contributed by atoms with Crippen molar-refractivity contribution in [2.75, 3.05) is 13.1 Å². The second-order valence-corrected chi connectivity index (χ2v) is 5.91. The average molecular weight is 264 g/mol. The third-order valence-corrected chi connectivity index (χ3v) is 4.51. The molecule has 0 saturated carbocycles. The van der Waals surface area contributed by atoms with Crippen LogP contribution in [0.5, 0.6) is 0 Å². The number of aromatic nitrogens is 2. The van der Waals surface area contributed by atoms with Crippen molar-refractivity contribution < 1.29 is 0 Å². The minimum Gasteiger partial charge on any atom is -0.311 e. The van der Waals surface area contributed by atoms with Crippen LogP contribution in [0.1, 0.15) is 39.2 Å². The highest BCUT2D eigenvalue weighted by Crippen LogP contribution is 2.19. The summed E-state index contributed by atoms with van der Waals surface area (Å²) in [5, 5.41) is 8.01. The lowest BCUT2D eigenvalue weighted by Gasteiger charge is -2.42. The van der Waals surface area contributed by atoms with Crippen LogP contribution in [0.2, 0.25) is 0 Å². The van der Waals surface area contributed by atoms with Gasteiger partial charge in [-0.25, -0.2) is 0 Å². The molecule has 1 aliphatic heterocycles. The Hall–Kier alpha value is -0.870. The summed E-state index contributed by atoms with van der Waals surface area (Å²) in [7, 11) is 1.99. The van der Waals surface area contributed by atoms with E-state index in [9.17, 15) is 0 Å². The van der Waals surface area contributed by atoms with E-state index in [2.05, 4.69) is 42.3 Å². The van der Waals surface area contributed by atoms with Gasteiger partial charge in [0.15, 0.2) is 0 Å². The Balaban J connectivity index is 2.01. The third-order valence-electron chi connectivity index (χ3n) is 4.51. The first kappa shape index (κ1) is 14.5. The molecular weight excluding hydrogens is 236 g/mol. The zero-order valence-corrected chi connectivity index (χ0v) is 12.8. The van der Waals surface area contributed by atoms with Crippen LogP contribution in [0.15, 0.2) is 12.4 Å². The van der Waals surface area contributed by atoms with Crippen molar-refractivity contribution in [2.45, 2.75) is 52.2 Å². The summed E-state index contributed by atoms with van der Waals surface area (Å²) in [6.45, 7) is 10.2. The van der Waals surface area contributed by atoms with Crippen LogP contribution in [0.4, 0.5) is 0 Å². The number of hydrogen-bond acceptors (Lipinski definition) is 3. The number of aryl methyl sites for hydroxylation is 1. The molecule has 4 nitrogen and oxygen atoms in total. The average Bonchev–Trinajstić information content (AvgIpc) is 2.83. The molecule has 0 aromatic carbocycles. The lowest BCUT2D eigenvalue weighted by Crippen LogP contribution is -2.57. The fourth-order valence-electron chi connectivity index (χ4n) is 2.93. The highest BCUT2D eigenvalue weighted by atomic mass is 15.3. The van der Waals surface area contributed by atoms with Gasteiger partial charge in [0.05, 0.1) is 6.20 Å². The Bertz CT molecular complexity index is 387. The maximum atomic E-state index is 4.28. The van der Waals surface area contributed by atoms with Crippen LogP contribution in [-0.4, -0.2) is 39.9 Å². The number of piperazine rings is 1. The van der Waals surface area contributed by atoms with E-state index in [1.54, 1.807) is 0 Å². The van der Waals surface area contributed by atoms with Crippen molar-refractivity contribution >= 4 is 0 Å². The van der Waals surface area contributed by atoms with E-state index in [0.29, 0.717) is 12.1 Å². The van der Waals surface area contributed by atoms with Gasteiger partial charge < -0.3 is 5.32 Å². The largest absolute Gasteiger partial charge is 0.311 e. The van der Waals surface area contributed by atoms with E-state index in [4.69, 9.17) is 0 Å². The Labute approximate surface area is 117 Å². The Morgan fingerprint density at radius 2 is 2.26 bits per heavy atom. The summed E-state index contributed by atoms with van der Waals surface area (Å²) < 4.78 is 1.89. The Morgan fingerprint density at radius 3 is 2.84 bits per heavy atom. The second-order valence-electron chi connectivity index (χ2n) is 5.91. The van der Waals surface area contributed by atoms with Crippen LogP contribution in [0, 0.1) is 5.92 Å². The maximum Gasteiger partial charge on any atom is 0.0534 e. The van der Waals surface area contributed by atoms with Gasteiger partial charge in [0.25, 0.3) is 0 Å². The second kappa shape index (κ2) is 6.53. The zero-order chi connectivity index (χ0) is 13.8. The number of nitrogens with one attached hydrogen (secondary N) is 1. The molecule has 19 heavy (non-hydrogen) atoms. The van der Waals surface area contributed by atoms with Crippen molar-refractivity contribution in [1.82, 2.24) is 20.0 Å². The van der Waals surface area contributed by atoms with E-state index in [1.807, 2.05) is 17.9 Å². The molecule has 108 valence electrons. The highest BCUT2D eigenvalue weighted by molar-refractivity contribution is 5.04. The van der Waals surface area contributed by atoms with Gasteiger partial charge in [-0.3, -0.25) is 9.58 Å². The summed E-state index contributed by atoms with van der Waals surface area (Å²) >= 11 is 0. The fourth-order valence-corrected chi connectivity index (χ4v) is 2.93. The molecule has 0 bridgehead atoms. The molecule has 1 saturated heterocycles. The standard InChI is InChI=1S/C15H28N4/c1-5-12(3)15-11-19(14(6-2)8-16-15)10-13-7-17-18(4)9-13/h7,9,12,14-16H,5-6,8,10-11H2,1-4H3. The first-order chi connectivity index (χ1) is 9.13. The molecule has 2 heterocycles. The summed E-state index contributed by atoms with van der Waals surface area (Å²) in [5.41, 5.74) is 1.32. The van der Waals surface area contributed by atoms with E-state index >= 15 is 0 Å². The molecule has 2 rings (SSSR count). The van der Waals surface area contributed by atoms with E-state index in [1.165, 1.54) is 18.4 Å². The van der Waals surface area contributed by atoms with Crippen molar-refractivity contribution in [3.05, 3.63) is 18.0 Å². The van der Waals surface area contributed by atoms with Crippen molar-refractivity contribution in [3.63, 3.8) is 0 Å². The molecule has 1 fully saturated rings. The van der Waals surface area contributed by atoms with Gasteiger partial charge in [-0.1, -0.05) is 27.2 Å². The topological polar surface area (TPSA) is 33.1 Å². The van der Waals surface area contributed by atoms with E-state index < -0.39 is 0 Å². The summed E-state index contributed by atoms with van der Waals surface area (Å²) in [5.74, 6) is 0.745. The van der Waals surface area contributed by atoms with Gasteiger partial charge in [0.2, 0.25) is 0 Å². The Morgan fingerprint density at radius 1 is 1.47 bits per heavy atom. The van der Waals surface area contributed by atoms with Crippen LogP contribution in [0.25, 0.3) is 0 Å². The molecule has 1 aromatic rings. The van der Waals surface area contributed by atoms with E-state index in [0.717, 1.165) is 25.6 Å². The number of nitrogens with zero attached hydrogens (tertiary/aromatic N) is 3. The van der Waals surface area contributed by atoms with Crippen molar-refractivity contribution in [2.24, 2.45) is 13.0 Å². The number of hydrogen-bond donors (Lipinski definition) is 1. The molecule has 0 amide bonds. The van der Waals surface area contributed by atoms with Gasteiger partial charge in [-0.05, 0) is 12.3 Å². The first-order valence-corrected chi connectivity index (χ1v) is 7.59. The number of rotatable bonds is 5. The molecule has 1 aromatic heterocycles. The van der Waals surface area contributed by atoms with Crippen LogP contribution >= 0.6 is 0 Å². The lowest BCUT2D eigenvalue weighted by molar-refractivity contribution is 0.0993. The van der Waals surface area contributed by atoms with Gasteiger partial charge in [-0.2, -0.15) is 5.10 Å². The molecule has 3 unspecified atom stereocenters. The predicted molar refractivity (Wildman–Crippen MR) is 78.9 cm³/mol. The minimum absolute atomic E-state index is 0.629. The summed E-state index contributed by atoms with van der Waals surface area (Å²) in [6, 6.07) is 1.28. The molecule has 4 heteroatoms. The quantitative estimate of drug-likeness (QED) is 0.883. The summed E-state index contributed by atoms with van der Waals surface area (Å²) in [6.07, 6.45) is 6.58. The van der Waals surface area contributed by atoms with Gasteiger partial charge in [0, 0.05) is 50.5 Å².